The lowest BCUT2D eigenvalue weighted by Crippen LogP contribution is -2.52. The number of carbonyl (C=O) groups is 1. The summed E-state index contributed by atoms with van der Waals surface area (Å²) in [5, 5.41) is 0. The van der Waals surface area contributed by atoms with E-state index in [0.29, 0.717) is 5.76 Å². The van der Waals surface area contributed by atoms with Crippen molar-refractivity contribution in [2.45, 2.75) is 0 Å². The molecular formula is C21H28N4O2. The van der Waals surface area contributed by atoms with E-state index >= 15 is 0 Å². The van der Waals surface area contributed by atoms with Gasteiger partial charge in [0.15, 0.2) is 5.76 Å². The van der Waals surface area contributed by atoms with Crippen LogP contribution in [0.5, 0.6) is 0 Å². The molecule has 3 heterocycles. The highest BCUT2D eigenvalue weighted by atomic mass is 16.3. The number of benzene rings is 1. The topological polar surface area (TPSA) is 43.2 Å². The largest absolute Gasteiger partial charge is 0.459 e. The quantitative estimate of drug-likeness (QED) is 0.806. The number of hydrogen-bond acceptors (Lipinski definition) is 5. The maximum absolute atomic E-state index is 12.3. The van der Waals surface area contributed by atoms with E-state index in [2.05, 4.69) is 45.0 Å². The second-order valence-corrected chi connectivity index (χ2v) is 7.28. The van der Waals surface area contributed by atoms with E-state index in [1.165, 1.54) is 5.69 Å². The second-order valence-electron chi connectivity index (χ2n) is 7.28. The first-order valence-corrected chi connectivity index (χ1v) is 9.87. The van der Waals surface area contributed by atoms with Crippen LogP contribution in [0.25, 0.3) is 0 Å². The molecule has 2 aliphatic heterocycles. The fraction of sp³-hybridized carbons (Fsp3) is 0.476. The van der Waals surface area contributed by atoms with Crippen molar-refractivity contribution in [1.82, 2.24) is 14.7 Å². The highest BCUT2D eigenvalue weighted by molar-refractivity contribution is 5.91. The number of amides is 1. The number of carbonyl (C=O) groups excluding carboxylic acids is 1. The summed E-state index contributed by atoms with van der Waals surface area (Å²) in [6.45, 7) is 10.0. The van der Waals surface area contributed by atoms with Gasteiger partial charge in [-0.1, -0.05) is 18.2 Å². The molecule has 2 aliphatic rings. The van der Waals surface area contributed by atoms with E-state index in [4.69, 9.17) is 4.42 Å². The minimum absolute atomic E-state index is 0.0108. The summed E-state index contributed by atoms with van der Waals surface area (Å²) < 4.78 is 5.23. The molecular weight excluding hydrogens is 340 g/mol. The average Bonchev–Trinajstić information content (AvgIpc) is 3.28. The molecule has 0 spiro atoms. The van der Waals surface area contributed by atoms with Crippen molar-refractivity contribution in [2.24, 2.45) is 0 Å². The lowest BCUT2D eigenvalue weighted by molar-refractivity contribution is 0.0592. The third-order valence-electron chi connectivity index (χ3n) is 5.62. The summed E-state index contributed by atoms with van der Waals surface area (Å²) in [5.41, 5.74) is 1.33. The van der Waals surface area contributed by atoms with Crippen LogP contribution in [0, 0.1) is 0 Å². The van der Waals surface area contributed by atoms with Gasteiger partial charge in [-0.25, -0.2) is 0 Å². The highest BCUT2D eigenvalue weighted by Gasteiger charge is 2.24. The standard InChI is InChI=1S/C21H28N4O2/c26-21(20-7-4-18-27-20)25-16-12-23(13-17-25)9-8-22-10-14-24(15-11-22)19-5-2-1-3-6-19/h1-7,18H,8-17H2. The Labute approximate surface area is 160 Å². The molecule has 1 amide bonds. The first-order chi connectivity index (χ1) is 13.3. The Kier molecular flexibility index (Phi) is 5.75. The Morgan fingerprint density at radius 1 is 0.778 bits per heavy atom. The Morgan fingerprint density at radius 2 is 1.41 bits per heavy atom. The monoisotopic (exact) mass is 368 g/mol. The van der Waals surface area contributed by atoms with Gasteiger partial charge >= 0.3 is 0 Å². The van der Waals surface area contributed by atoms with Gasteiger partial charge in [0.1, 0.15) is 0 Å². The first kappa shape index (κ1) is 18.1. The molecule has 1 aromatic carbocycles. The number of rotatable bonds is 5. The molecule has 2 saturated heterocycles. The van der Waals surface area contributed by atoms with Crippen molar-refractivity contribution in [3.63, 3.8) is 0 Å². The van der Waals surface area contributed by atoms with Crippen LogP contribution in [-0.4, -0.2) is 86.1 Å². The molecule has 0 unspecified atom stereocenters. The minimum Gasteiger partial charge on any atom is -0.459 e. The van der Waals surface area contributed by atoms with E-state index in [9.17, 15) is 4.79 Å². The molecule has 144 valence electrons. The molecule has 2 fully saturated rings. The average molecular weight is 368 g/mol. The molecule has 6 heteroatoms. The van der Waals surface area contributed by atoms with E-state index < -0.39 is 0 Å². The van der Waals surface area contributed by atoms with Gasteiger partial charge in [-0.3, -0.25) is 14.6 Å². The molecule has 0 aliphatic carbocycles. The van der Waals surface area contributed by atoms with E-state index in [0.717, 1.165) is 65.4 Å². The van der Waals surface area contributed by atoms with Crippen LogP contribution in [0.15, 0.2) is 53.1 Å². The third kappa shape index (κ3) is 4.51. The van der Waals surface area contributed by atoms with Gasteiger partial charge in [0.2, 0.25) is 0 Å². The number of nitrogens with zero attached hydrogens (tertiary/aromatic N) is 4. The third-order valence-corrected chi connectivity index (χ3v) is 5.62. The number of piperazine rings is 2. The van der Waals surface area contributed by atoms with Crippen LogP contribution < -0.4 is 4.90 Å². The van der Waals surface area contributed by atoms with Crippen LogP contribution in [0.1, 0.15) is 10.6 Å². The van der Waals surface area contributed by atoms with Crippen molar-refractivity contribution >= 4 is 11.6 Å². The molecule has 1 aromatic heterocycles. The molecule has 0 radical (unpaired) electrons. The zero-order valence-electron chi connectivity index (χ0n) is 15.8. The zero-order chi connectivity index (χ0) is 18.5. The van der Waals surface area contributed by atoms with Crippen LogP contribution in [0.3, 0.4) is 0 Å². The summed E-state index contributed by atoms with van der Waals surface area (Å²) in [4.78, 5) is 21.7. The maximum atomic E-state index is 12.3. The zero-order valence-corrected chi connectivity index (χ0v) is 15.8. The van der Waals surface area contributed by atoms with Gasteiger partial charge < -0.3 is 14.2 Å². The Morgan fingerprint density at radius 3 is 2.00 bits per heavy atom. The molecule has 0 atom stereocenters. The van der Waals surface area contributed by atoms with Crippen molar-refractivity contribution in [2.75, 3.05) is 70.3 Å². The normalized spacial score (nSPS) is 19.4. The number of furan rings is 1. The number of anilines is 1. The molecule has 4 rings (SSSR count). The van der Waals surface area contributed by atoms with Crippen LogP contribution in [-0.2, 0) is 0 Å². The Hall–Kier alpha value is -2.31. The highest BCUT2D eigenvalue weighted by Crippen LogP contribution is 2.15. The molecule has 0 bridgehead atoms. The number of para-hydroxylation sites is 1. The van der Waals surface area contributed by atoms with Crippen molar-refractivity contribution < 1.29 is 9.21 Å². The van der Waals surface area contributed by atoms with Gasteiger partial charge in [0, 0.05) is 71.1 Å². The molecule has 0 N–H and O–H groups in total. The van der Waals surface area contributed by atoms with E-state index in [1.54, 1.807) is 18.4 Å². The summed E-state index contributed by atoms with van der Waals surface area (Å²) in [6, 6.07) is 14.2. The summed E-state index contributed by atoms with van der Waals surface area (Å²) in [6.07, 6.45) is 1.56. The van der Waals surface area contributed by atoms with Gasteiger partial charge in [0.25, 0.3) is 5.91 Å². The van der Waals surface area contributed by atoms with Gasteiger partial charge in [0.05, 0.1) is 6.26 Å². The Bertz CT molecular complexity index is 703. The van der Waals surface area contributed by atoms with Crippen LogP contribution in [0.4, 0.5) is 5.69 Å². The SMILES string of the molecule is O=C(c1ccco1)N1CCN(CCN2CCN(c3ccccc3)CC2)CC1. The van der Waals surface area contributed by atoms with Crippen molar-refractivity contribution in [3.05, 3.63) is 54.5 Å². The predicted octanol–water partition coefficient (Wildman–Crippen LogP) is 1.86. The molecule has 2 aromatic rings. The fourth-order valence-corrected chi connectivity index (χ4v) is 3.88. The lowest BCUT2D eigenvalue weighted by Gasteiger charge is -2.38. The number of hydrogen-bond donors (Lipinski definition) is 0. The first-order valence-electron chi connectivity index (χ1n) is 9.87. The predicted molar refractivity (Wildman–Crippen MR) is 106 cm³/mol. The minimum atomic E-state index is 0.0108. The molecule has 27 heavy (non-hydrogen) atoms. The Balaban J connectivity index is 1.16. The van der Waals surface area contributed by atoms with Gasteiger partial charge in [-0.15, -0.1) is 0 Å². The van der Waals surface area contributed by atoms with Crippen LogP contribution in [0.2, 0.25) is 0 Å². The summed E-state index contributed by atoms with van der Waals surface area (Å²) in [7, 11) is 0. The van der Waals surface area contributed by atoms with Gasteiger partial charge in [-0.05, 0) is 24.3 Å². The van der Waals surface area contributed by atoms with E-state index in [1.807, 2.05) is 4.90 Å². The van der Waals surface area contributed by atoms with Crippen molar-refractivity contribution in [3.8, 4) is 0 Å². The fourth-order valence-electron chi connectivity index (χ4n) is 3.88. The smallest absolute Gasteiger partial charge is 0.289 e. The van der Waals surface area contributed by atoms with Crippen LogP contribution >= 0.6 is 0 Å². The molecule has 6 nitrogen and oxygen atoms in total. The second kappa shape index (κ2) is 8.59. The van der Waals surface area contributed by atoms with Gasteiger partial charge in [-0.2, -0.15) is 0 Å². The summed E-state index contributed by atoms with van der Waals surface area (Å²) >= 11 is 0. The molecule has 0 saturated carbocycles. The summed E-state index contributed by atoms with van der Waals surface area (Å²) in [5.74, 6) is 0.455. The van der Waals surface area contributed by atoms with Crippen molar-refractivity contribution in [1.29, 1.82) is 0 Å². The lowest BCUT2D eigenvalue weighted by atomic mass is 10.2. The van der Waals surface area contributed by atoms with E-state index in [-0.39, 0.29) is 5.91 Å². The maximum Gasteiger partial charge on any atom is 0.289 e.